The fraction of sp³-hybridized carbons (Fsp3) is 0.667. The van der Waals surface area contributed by atoms with Gasteiger partial charge in [-0.2, -0.15) is 0 Å². The van der Waals surface area contributed by atoms with Gasteiger partial charge < -0.3 is 4.55 Å². The molecule has 0 aliphatic carbocycles. The van der Waals surface area contributed by atoms with Crippen molar-refractivity contribution in [2.24, 2.45) is 0 Å². The minimum absolute atomic E-state index is 0. The Labute approximate surface area is 191 Å². The molecular formula is C18H29O3RbS. The molecule has 0 atom stereocenters. The van der Waals surface area contributed by atoms with E-state index in [2.05, 4.69) is 6.92 Å². The largest absolute Gasteiger partial charge is 1.00 e. The second-order valence-electron chi connectivity index (χ2n) is 5.99. The average Bonchev–Trinajstić information content (AvgIpc) is 2.48. The van der Waals surface area contributed by atoms with E-state index in [1.54, 1.807) is 18.2 Å². The van der Waals surface area contributed by atoms with Crippen molar-refractivity contribution in [2.45, 2.75) is 82.4 Å². The molecule has 0 amide bonds. The van der Waals surface area contributed by atoms with E-state index in [-0.39, 0.29) is 63.1 Å². The zero-order valence-electron chi connectivity index (χ0n) is 14.7. The molecule has 23 heavy (non-hydrogen) atoms. The zero-order chi connectivity index (χ0) is 16.3. The molecule has 0 aliphatic heterocycles. The van der Waals surface area contributed by atoms with Gasteiger partial charge in [0.15, 0.2) is 0 Å². The summed E-state index contributed by atoms with van der Waals surface area (Å²) in [6.07, 6.45) is 13.2. The zero-order valence-corrected chi connectivity index (χ0v) is 20.5. The van der Waals surface area contributed by atoms with Crippen LogP contribution in [0.4, 0.5) is 0 Å². The molecule has 1 aromatic rings. The third kappa shape index (κ3) is 11.2. The summed E-state index contributed by atoms with van der Waals surface area (Å²) < 4.78 is 33.5. The van der Waals surface area contributed by atoms with Crippen LogP contribution in [-0.2, 0) is 16.5 Å². The third-order valence-corrected chi connectivity index (χ3v) is 4.98. The molecule has 0 fully saturated rings. The van der Waals surface area contributed by atoms with Gasteiger partial charge in [-0.15, -0.1) is 0 Å². The molecule has 0 heterocycles. The van der Waals surface area contributed by atoms with Crippen LogP contribution in [0.5, 0.6) is 0 Å². The van der Waals surface area contributed by atoms with E-state index >= 15 is 0 Å². The number of unbranched alkanes of at least 4 members (excludes halogenated alkanes) is 9. The Morgan fingerprint density at radius 2 is 1.30 bits per heavy atom. The van der Waals surface area contributed by atoms with Gasteiger partial charge in [-0.25, -0.2) is 8.42 Å². The van der Waals surface area contributed by atoms with Crippen LogP contribution >= 0.6 is 0 Å². The minimum Gasteiger partial charge on any atom is -0.744 e. The Kier molecular flexibility index (Phi) is 14.7. The Hall–Kier alpha value is 0.935. The molecular weight excluding hydrogens is 382 g/mol. The summed E-state index contributed by atoms with van der Waals surface area (Å²) in [5.41, 5.74) is 0.664. The Morgan fingerprint density at radius 3 is 1.83 bits per heavy atom. The summed E-state index contributed by atoms with van der Waals surface area (Å²) in [6, 6.07) is 6.56. The first kappa shape index (κ1) is 23.9. The van der Waals surface area contributed by atoms with Gasteiger partial charge in [0, 0.05) is 0 Å². The number of aryl methyl sites for hydroxylation is 1. The molecule has 126 valence electrons. The molecule has 3 nitrogen and oxygen atoms in total. The molecule has 0 aliphatic rings. The van der Waals surface area contributed by atoms with Crippen LogP contribution in [0.25, 0.3) is 0 Å². The maximum absolute atomic E-state index is 11.2. The van der Waals surface area contributed by atoms with Gasteiger partial charge in [0.25, 0.3) is 0 Å². The number of hydrogen-bond donors (Lipinski definition) is 0. The normalized spacial score (nSPS) is 11.2. The summed E-state index contributed by atoms with van der Waals surface area (Å²) >= 11 is 0. The van der Waals surface area contributed by atoms with E-state index < -0.39 is 10.1 Å². The van der Waals surface area contributed by atoms with Crippen LogP contribution < -0.4 is 58.2 Å². The summed E-state index contributed by atoms with van der Waals surface area (Å²) in [5, 5.41) is 0. The van der Waals surface area contributed by atoms with Crippen molar-refractivity contribution < 1.29 is 71.2 Å². The molecule has 0 unspecified atom stereocenters. The molecule has 0 saturated carbocycles. The monoisotopic (exact) mass is 410 g/mol. The van der Waals surface area contributed by atoms with Gasteiger partial charge in [0.2, 0.25) is 0 Å². The predicted octanol–water partition coefficient (Wildman–Crippen LogP) is 2.06. The van der Waals surface area contributed by atoms with Crippen LogP contribution in [0.3, 0.4) is 0 Å². The van der Waals surface area contributed by atoms with Crippen LogP contribution in [0.2, 0.25) is 0 Å². The minimum atomic E-state index is -4.35. The molecule has 1 aromatic carbocycles. The first-order chi connectivity index (χ1) is 10.6. The Balaban J connectivity index is 0.00000484. The summed E-state index contributed by atoms with van der Waals surface area (Å²) in [6.45, 7) is 2.23. The van der Waals surface area contributed by atoms with E-state index in [0.717, 1.165) is 12.8 Å². The van der Waals surface area contributed by atoms with Crippen molar-refractivity contribution in [2.75, 3.05) is 0 Å². The molecule has 0 spiro atoms. The first-order valence-electron chi connectivity index (χ1n) is 8.59. The Morgan fingerprint density at radius 1 is 0.826 bits per heavy atom. The van der Waals surface area contributed by atoms with Crippen molar-refractivity contribution in [1.29, 1.82) is 0 Å². The molecule has 0 radical (unpaired) electrons. The van der Waals surface area contributed by atoms with Gasteiger partial charge >= 0.3 is 58.2 Å². The van der Waals surface area contributed by atoms with Crippen LogP contribution in [0.1, 0.15) is 76.7 Å². The first-order valence-corrected chi connectivity index (χ1v) is 10.0. The fourth-order valence-corrected chi connectivity index (χ4v) is 3.49. The van der Waals surface area contributed by atoms with E-state index in [0.29, 0.717) is 12.0 Å². The van der Waals surface area contributed by atoms with Crippen LogP contribution in [0.15, 0.2) is 29.2 Å². The molecule has 1 rings (SSSR count). The van der Waals surface area contributed by atoms with Crippen molar-refractivity contribution in [1.82, 2.24) is 0 Å². The molecule has 5 heteroatoms. The van der Waals surface area contributed by atoms with Gasteiger partial charge in [-0.1, -0.05) is 82.9 Å². The van der Waals surface area contributed by atoms with Crippen molar-refractivity contribution in [3.63, 3.8) is 0 Å². The number of rotatable bonds is 12. The second kappa shape index (κ2) is 14.1. The fourth-order valence-electron chi connectivity index (χ4n) is 2.76. The van der Waals surface area contributed by atoms with Crippen molar-refractivity contribution >= 4 is 10.1 Å². The topological polar surface area (TPSA) is 57.2 Å². The summed E-state index contributed by atoms with van der Waals surface area (Å²) in [4.78, 5) is -0.0501. The molecule has 0 saturated heterocycles. The molecule has 0 bridgehead atoms. The predicted molar refractivity (Wildman–Crippen MR) is 90.0 cm³/mol. The quantitative estimate of drug-likeness (QED) is 0.391. The van der Waals surface area contributed by atoms with Gasteiger partial charge in [-0.05, 0) is 24.5 Å². The van der Waals surface area contributed by atoms with E-state index in [1.165, 1.54) is 57.4 Å². The molecule has 0 N–H and O–H groups in total. The average molecular weight is 411 g/mol. The van der Waals surface area contributed by atoms with E-state index in [9.17, 15) is 13.0 Å². The third-order valence-electron chi connectivity index (χ3n) is 4.04. The van der Waals surface area contributed by atoms with Gasteiger partial charge in [-0.3, -0.25) is 0 Å². The van der Waals surface area contributed by atoms with Gasteiger partial charge in [0.1, 0.15) is 10.1 Å². The van der Waals surface area contributed by atoms with Gasteiger partial charge in [0.05, 0.1) is 4.90 Å². The van der Waals surface area contributed by atoms with Crippen molar-refractivity contribution in [3.05, 3.63) is 29.8 Å². The second-order valence-corrected chi connectivity index (χ2v) is 7.34. The molecule has 0 aromatic heterocycles. The number of benzene rings is 1. The van der Waals surface area contributed by atoms with Crippen LogP contribution in [-0.4, -0.2) is 13.0 Å². The maximum Gasteiger partial charge on any atom is 1.00 e. The summed E-state index contributed by atoms with van der Waals surface area (Å²) in [7, 11) is -4.35. The maximum atomic E-state index is 11.2. The van der Waals surface area contributed by atoms with Crippen LogP contribution in [0, 0.1) is 0 Å². The standard InChI is InChI=1S/C18H30O3S.Rb/c1-2-3-4-5-6-7-8-9-10-11-14-17-15-12-13-16-18(17)22(19,20)21;/h12-13,15-16H,2-11,14H2,1H3,(H,19,20,21);/q;+1/p-1. The summed E-state index contributed by atoms with van der Waals surface area (Å²) in [5.74, 6) is 0. The number of hydrogen-bond acceptors (Lipinski definition) is 3. The van der Waals surface area contributed by atoms with Crippen molar-refractivity contribution in [3.8, 4) is 0 Å². The van der Waals surface area contributed by atoms with E-state index in [4.69, 9.17) is 0 Å². The van der Waals surface area contributed by atoms with E-state index in [1.807, 2.05) is 0 Å². The smallest absolute Gasteiger partial charge is 0.744 e. The SMILES string of the molecule is CCCCCCCCCCCCc1ccccc1S(=O)(=O)[O-].[Rb+]. The Bertz CT molecular complexity index is 515.